The van der Waals surface area contributed by atoms with Crippen molar-refractivity contribution in [2.75, 3.05) is 6.61 Å². The van der Waals surface area contributed by atoms with Gasteiger partial charge in [-0.2, -0.15) is 5.10 Å². The van der Waals surface area contributed by atoms with Crippen LogP contribution in [0, 0.1) is 0 Å². The summed E-state index contributed by atoms with van der Waals surface area (Å²) in [6.07, 6.45) is 2.65. The van der Waals surface area contributed by atoms with Crippen LogP contribution in [0.4, 0.5) is 0 Å². The highest BCUT2D eigenvalue weighted by atomic mass is 16.5. The van der Waals surface area contributed by atoms with Crippen LogP contribution >= 0.6 is 0 Å². The number of para-hydroxylation sites is 1. The van der Waals surface area contributed by atoms with E-state index in [9.17, 15) is 0 Å². The molecule has 0 saturated carbocycles. The standard InChI is InChI=1S/C13H15N3O/c14-11-7-9-17-13(11)12-6-8-15-16(12)10-4-2-1-3-5-10/h1-6,8,11,13H,7,9,14H2/t11-,13-/m0/s1. The Morgan fingerprint density at radius 2 is 2.06 bits per heavy atom. The van der Waals surface area contributed by atoms with Crippen LogP contribution in [0.25, 0.3) is 5.69 Å². The van der Waals surface area contributed by atoms with Crippen LogP contribution in [0.2, 0.25) is 0 Å². The van der Waals surface area contributed by atoms with Gasteiger partial charge in [0.1, 0.15) is 6.10 Å². The summed E-state index contributed by atoms with van der Waals surface area (Å²) in [6.45, 7) is 0.728. The van der Waals surface area contributed by atoms with E-state index in [4.69, 9.17) is 10.5 Å². The summed E-state index contributed by atoms with van der Waals surface area (Å²) in [5.41, 5.74) is 8.12. The maximum Gasteiger partial charge on any atom is 0.115 e. The van der Waals surface area contributed by atoms with Gasteiger partial charge < -0.3 is 10.5 Å². The number of rotatable bonds is 2. The molecule has 0 radical (unpaired) electrons. The molecular weight excluding hydrogens is 214 g/mol. The van der Waals surface area contributed by atoms with Gasteiger partial charge in [0.05, 0.1) is 11.4 Å². The van der Waals surface area contributed by atoms with E-state index in [1.807, 2.05) is 41.1 Å². The zero-order valence-corrected chi connectivity index (χ0v) is 9.49. The molecule has 3 rings (SSSR count). The Kier molecular flexibility index (Phi) is 2.66. The molecule has 2 heterocycles. The Morgan fingerprint density at radius 3 is 2.76 bits per heavy atom. The Bertz CT molecular complexity index is 494. The highest BCUT2D eigenvalue weighted by molar-refractivity contribution is 5.33. The maximum absolute atomic E-state index is 6.05. The summed E-state index contributed by atoms with van der Waals surface area (Å²) < 4.78 is 7.58. The smallest absolute Gasteiger partial charge is 0.115 e. The number of hydrogen-bond donors (Lipinski definition) is 1. The number of nitrogens with two attached hydrogens (primary N) is 1. The van der Waals surface area contributed by atoms with Gasteiger partial charge in [0.15, 0.2) is 0 Å². The summed E-state index contributed by atoms with van der Waals surface area (Å²) >= 11 is 0. The molecule has 4 heteroatoms. The van der Waals surface area contributed by atoms with E-state index in [1.54, 1.807) is 6.20 Å². The number of nitrogens with zero attached hydrogens (tertiary/aromatic N) is 2. The molecule has 1 aromatic heterocycles. The Balaban J connectivity index is 2.00. The SMILES string of the molecule is N[C@H]1CCO[C@@H]1c1ccnn1-c1ccccc1. The lowest BCUT2D eigenvalue weighted by atomic mass is 10.1. The molecule has 17 heavy (non-hydrogen) atoms. The van der Waals surface area contributed by atoms with Gasteiger partial charge in [0.25, 0.3) is 0 Å². The van der Waals surface area contributed by atoms with Crippen LogP contribution < -0.4 is 5.73 Å². The van der Waals surface area contributed by atoms with E-state index in [-0.39, 0.29) is 12.1 Å². The van der Waals surface area contributed by atoms with Crippen molar-refractivity contribution in [1.29, 1.82) is 0 Å². The molecule has 0 aliphatic carbocycles. The van der Waals surface area contributed by atoms with Crippen LogP contribution in [0.3, 0.4) is 0 Å². The van der Waals surface area contributed by atoms with E-state index in [0.717, 1.165) is 24.4 Å². The highest BCUT2D eigenvalue weighted by Crippen LogP contribution is 2.28. The van der Waals surface area contributed by atoms with Crippen molar-refractivity contribution in [1.82, 2.24) is 9.78 Å². The Labute approximate surface area is 100 Å². The summed E-state index contributed by atoms with van der Waals surface area (Å²) in [5, 5.41) is 4.35. The number of ether oxygens (including phenoxy) is 1. The minimum Gasteiger partial charge on any atom is -0.370 e. The first-order chi connectivity index (χ1) is 8.36. The molecule has 88 valence electrons. The van der Waals surface area contributed by atoms with Gasteiger partial charge in [0, 0.05) is 18.8 Å². The first kappa shape index (κ1) is 10.5. The highest BCUT2D eigenvalue weighted by Gasteiger charge is 2.29. The quantitative estimate of drug-likeness (QED) is 0.852. The maximum atomic E-state index is 6.05. The van der Waals surface area contributed by atoms with Crippen molar-refractivity contribution < 1.29 is 4.74 Å². The molecule has 2 atom stereocenters. The van der Waals surface area contributed by atoms with Crippen molar-refractivity contribution in [2.45, 2.75) is 18.6 Å². The van der Waals surface area contributed by atoms with Crippen LogP contribution in [0.5, 0.6) is 0 Å². The molecule has 1 fully saturated rings. The summed E-state index contributed by atoms with van der Waals surface area (Å²) in [6, 6.07) is 12.1. The predicted octanol–water partition coefficient (Wildman–Crippen LogP) is 1.66. The van der Waals surface area contributed by atoms with Gasteiger partial charge in [0.2, 0.25) is 0 Å². The fourth-order valence-electron chi connectivity index (χ4n) is 2.22. The molecule has 1 saturated heterocycles. The zero-order chi connectivity index (χ0) is 11.7. The number of benzene rings is 1. The normalized spacial score (nSPS) is 24.1. The molecule has 1 aromatic carbocycles. The Hall–Kier alpha value is -1.65. The molecule has 0 bridgehead atoms. The lowest BCUT2D eigenvalue weighted by molar-refractivity contribution is 0.0995. The van der Waals surface area contributed by atoms with Crippen LogP contribution in [-0.4, -0.2) is 22.4 Å². The second-order valence-corrected chi connectivity index (χ2v) is 4.25. The van der Waals surface area contributed by atoms with E-state index in [2.05, 4.69) is 5.10 Å². The summed E-state index contributed by atoms with van der Waals surface area (Å²) in [4.78, 5) is 0. The predicted molar refractivity (Wildman–Crippen MR) is 64.8 cm³/mol. The van der Waals surface area contributed by atoms with Crippen molar-refractivity contribution in [3.63, 3.8) is 0 Å². The zero-order valence-electron chi connectivity index (χ0n) is 9.49. The second-order valence-electron chi connectivity index (χ2n) is 4.25. The molecule has 0 unspecified atom stereocenters. The first-order valence-electron chi connectivity index (χ1n) is 5.83. The summed E-state index contributed by atoms with van der Waals surface area (Å²) in [7, 11) is 0. The van der Waals surface area contributed by atoms with Crippen LogP contribution in [-0.2, 0) is 4.74 Å². The molecular formula is C13H15N3O. The first-order valence-corrected chi connectivity index (χ1v) is 5.83. The van der Waals surface area contributed by atoms with Gasteiger partial charge in [-0.25, -0.2) is 4.68 Å². The second kappa shape index (κ2) is 4.31. The average molecular weight is 229 g/mol. The average Bonchev–Trinajstić information content (AvgIpc) is 2.98. The third-order valence-electron chi connectivity index (χ3n) is 3.10. The fraction of sp³-hybridized carbons (Fsp3) is 0.308. The minimum atomic E-state index is -0.0438. The topological polar surface area (TPSA) is 53.1 Å². The van der Waals surface area contributed by atoms with Gasteiger partial charge in [-0.15, -0.1) is 0 Å². The fourth-order valence-corrected chi connectivity index (χ4v) is 2.22. The van der Waals surface area contributed by atoms with E-state index < -0.39 is 0 Å². The molecule has 1 aliphatic heterocycles. The largest absolute Gasteiger partial charge is 0.370 e. The molecule has 0 spiro atoms. The van der Waals surface area contributed by atoms with Gasteiger partial charge in [-0.3, -0.25) is 0 Å². The number of hydrogen-bond acceptors (Lipinski definition) is 3. The van der Waals surface area contributed by atoms with Gasteiger partial charge >= 0.3 is 0 Å². The van der Waals surface area contributed by atoms with E-state index >= 15 is 0 Å². The lowest BCUT2D eigenvalue weighted by Gasteiger charge is -2.16. The monoisotopic (exact) mass is 229 g/mol. The van der Waals surface area contributed by atoms with E-state index in [0.29, 0.717) is 0 Å². The minimum absolute atomic E-state index is 0.0438. The summed E-state index contributed by atoms with van der Waals surface area (Å²) in [5.74, 6) is 0. The number of aromatic nitrogens is 2. The molecule has 0 amide bonds. The third kappa shape index (κ3) is 1.85. The van der Waals surface area contributed by atoms with Gasteiger partial charge in [-0.05, 0) is 24.6 Å². The van der Waals surface area contributed by atoms with Gasteiger partial charge in [-0.1, -0.05) is 18.2 Å². The van der Waals surface area contributed by atoms with Crippen molar-refractivity contribution in [3.05, 3.63) is 48.3 Å². The van der Waals surface area contributed by atoms with Crippen LogP contribution in [0.15, 0.2) is 42.6 Å². The molecule has 1 aliphatic rings. The molecule has 4 nitrogen and oxygen atoms in total. The Morgan fingerprint density at radius 1 is 1.24 bits per heavy atom. The lowest BCUT2D eigenvalue weighted by Crippen LogP contribution is -2.25. The van der Waals surface area contributed by atoms with Crippen molar-refractivity contribution in [3.8, 4) is 5.69 Å². The third-order valence-corrected chi connectivity index (χ3v) is 3.10. The van der Waals surface area contributed by atoms with Crippen molar-refractivity contribution in [2.24, 2.45) is 5.73 Å². The molecule has 2 aromatic rings. The van der Waals surface area contributed by atoms with Crippen LogP contribution in [0.1, 0.15) is 18.2 Å². The van der Waals surface area contributed by atoms with Crippen molar-refractivity contribution >= 4 is 0 Å². The van der Waals surface area contributed by atoms with E-state index in [1.165, 1.54) is 0 Å². The molecule has 2 N–H and O–H groups in total.